The first-order valence-corrected chi connectivity index (χ1v) is 11.6. The zero-order chi connectivity index (χ0) is 24.5. The highest BCUT2D eigenvalue weighted by Gasteiger charge is 2.18. The monoisotopic (exact) mass is 470 g/mol. The molecule has 0 aliphatic rings. The van der Waals surface area contributed by atoms with E-state index < -0.39 is 5.82 Å². The summed E-state index contributed by atoms with van der Waals surface area (Å²) in [6.45, 7) is 0.964. The molecule has 178 valence electrons. The number of nitrogens with one attached hydrogen (secondary N) is 1. The number of ketones is 1. The molecule has 0 saturated heterocycles. The number of H-pyrrole nitrogens is 1. The van der Waals surface area contributed by atoms with Crippen LogP contribution in [-0.4, -0.2) is 56.1 Å². The Morgan fingerprint density at radius 2 is 1.86 bits per heavy atom. The van der Waals surface area contributed by atoms with Gasteiger partial charge in [-0.2, -0.15) is 5.10 Å². The van der Waals surface area contributed by atoms with E-state index in [0.717, 1.165) is 41.5 Å². The van der Waals surface area contributed by atoms with Gasteiger partial charge in [-0.05, 0) is 45.1 Å². The van der Waals surface area contributed by atoms with Crippen LogP contribution < -0.4 is 0 Å². The maximum absolute atomic E-state index is 15.2. The first-order chi connectivity index (χ1) is 16.9. The number of nitrogens with zero attached hydrogens (tertiary/aromatic N) is 5. The number of aromatic amines is 1. The number of rotatable bonds is 8. The van der Waals surface area contributed by atoms with Crippen molar-refractivity contribution in [2.75, 3.05) is 20.6 Å². The summed E-state index contributed by atoms with van der Waals surface area (Å²) in [6.07, 6.45) is 8.94. The normalized spacial score (nSPS) is 11.7. The molecule has 1 N–H and O–H groups in total. The van der Waals surface area contributed by atoms with Gasteiger partial charge in [-0.15, -0.1) is 0 Å². The number of hydrogen-bond acceptors (Lipinski definition) is 5. The molecule has 0 aliphatic carbocycles. The van der Waals surface area contributed by atoms with Crippen LogP contribution in [0, 0.1) is 5.82 Å². The standard InChI is InChI=1S/C27H27FN6O/c1-33(2)11-5-4-6-24(35)17-7-9-18(10-8-17)25-21(28)14-30-27-26(25)20-12-22(29-15-23(20)32-27)19-13-31-34(3)16-19/h7-10,12-16H,4-6,11H2,1-3H3,(H,30,32). The minimum absolute atomic E-state index is 0.106. The van der Waals surface area contributed by atoms with Gasteiger partial charge in [-0.3, -0.25) is 14.5 Å². The number of aryl methyl sites for hydroxylation is 1. The summed E-state index contributed by atoms with van der Waals surface area (Å²) in [6, 6.07) is 9.13. The van der Waals surface area contributed by atoms with Gasteiger partial charge in [0.05, 0.1) is 29.8 Å². The topological polar surface area (TPSA) is 79.7 Å². The Morgan fingerprint density at radius 1 is 1.06 bits per heavy atom. The van der Waals surface area contributed by atoms with Crippen LogP contribution >= 0.6 is 0 Å². The van der Waals surface area contributed by atoms with E-state index in [1.54, 1.807) is 29.2 Å². The third kappa shape index (κ3) is 4.57. The Bertz CT molecular complexity index is 1520. The van der Waals surface area contributed by atoms with E-state index in [4.69, 9.17) is 0 Å². The second-order valence-corrected chi connectivity index (χ2v) is 9.11. The fraction of sp³-hybridized carbons (Fsp3) is 0.259. The van der Waals surface area contributed by atoms with Gasteiger partial charge in [-0.25, -0.2) is 9.37 Å². The number of carbonyl (C=O) groups is 1. The molecule has 0 atom stereocenters. The van der Waals surface area contributed by atoms with E-state index in [1.165, 1.54) is 6.20 Å². The minimum atomic E-state index is -0.416. The number of unbranched alkanes of at least 4 members (excludes halogenated alkanes) is 1. The highest BCUT2D eigenvalue weighted by molar-refractivity contribution is 6.13. The number of hydrogen-bond donors (Lipinski definition) is 1. The summed E-state index contributed by atoms with van der Waals surface area (Å²) in [5.74, 6) is -0.309. The minimum Gasteiger partial charge on any atom is -0.338 e. The van der Waals surface area contributed by atoms with E-state index in [-0.39, 0.29) is 5.78 Å². The second-order valence-electron chi connectivity index (χ2n) is 9.11. The van der Waals surface area contributed by atoms with Crippen molar-refractivity contribution in [3.63, 3.8) is 0 Å². The molecular weight excluding hydrogens is 443 g/mol. The summed E-state index contributed by atoms with van der Waals surface area (Å²) >= 11 is 0. The molecule has 0 fully saturated rings. The van der Waals surface area contributed by atoms with Gasteiger partial charge < -0.3 is 9.88 Å². The lowest BCUT2D eigenvalue weighted by Gasteiger charge is -2.09. The van der Waals surface area contributed by atoms with Gasteiger partial charge in [0.15, 0.2) is 5.78 Å². The molecule has 8 heteroatoms. The molecule has 0 aliphatic heterocycles. The number of pyridine rings is 2. The fourth-order valence-electron chi connectivity index (χ4n) is 4.41. The molecule has 5 rings (SSSR count). The molecule has 0 radical (unpaired) electrons. The average Bonchev–Trinajstić information content (AvgIpc) is 3.45. The molecule has 35 heavy (non-hydrogen) atoms. The van der Waals surface area contributed by atoms with E-state index in [1.807, 2.05) is 45.5 Å². The quantitative estimate of drug-likeness (QED) is 0.248. The van der Waals surface area contributed by atoms with Crippen molar-refractivity contribution in [1.29, 1.82) is 0 Å². The Labute approximate surface area is 202 Å². The highest BCUT2D eigenvalue weighted by atomic mass is 19.1. The maximum Gasteiger partial charge on any atom is 0.162 e. The van der Waals surface area contributed by atoms with Crippen LogP contribution in [0.5, 0.6) is 0 Å². The predicted molar refractivity (Wildman–Crippen MR) is 136 cm³/mol. The predicted octanol–water partition coefficient (Wildman–Crippen LogP) is 5.23. The Kier molecular flexibility index (Phi) is 6.13. The highest BCUT2D eigenvalue weighted by Crippen LogP contribution is 2.36. The van der Waals surface area contributed by atoms with Crippen LogP contribution in [0.4, 0.5) is 4.39 Å². The lowest BCUT2D eigenvalue weighted by atomic mass is 9.97. The number of fused-ring (bicyclic) bond motifs is 3. The van der Waals surface area contributed by atoms with Crippen LogP contribution in [0.15, 0.2) is 55.1 Å². The molecule has 4 heterocycles. The van der Waals surface area contributed by atoms with Crippen molar-refractivity contribution in [2.24, 2.45) is 7.05 Å². The number of Topliss-reactive ketones (excluding diaryl/α,β-unsaturated/α-hetero) is 1. The lowest BCUT2D eigenvalue weighted by molar-refractivity contribution is 0.0978. The molecule has 0 spiro atoms. The zero-order valence-corrected chi connectivity index (χ0v) is 20.0. The maximum atomic E-state index is 15.2. The van der Waals surface area contributed by atoms with E-state index in [2.05, 4.69) is 25.0 Å². The number of carbonyl (C=O) groups excluding carboxylic acids is 1. The number of benzene rings is 1. The summed E-state index contributed by atoms with van der Waals surface area (Å²) < 4.78 is 16.9. The molecule has 0 unspecified atom stereocenters. The van der Waals surface area contributed by atoms with E-state index >= 15 is 4.39 Å². The first-order valence-electron chi connectivity index (χ1n) is 11.6. The SMILES string of the molecule is CN(C)CCCCC(=O)c1ccc(-c2c(F)cnc3[nH]c4cnc(-c5cnn(C)c5)cc4c23)cc1. The molecule has 0 amide bonds. The Balaban J connectivity index is 1.51. The molecule has 1 aromatic carbocycles. The van der Waals surface area contributed by atoms with Crippen LogP contribution in [0.25, 0.3) is 44.3 Å². The fourth-order valence-corrected chi connectivity index (χ4v) is 4.41. The molecule has 5 aromatic rings. The number of halogens is 1. The van der Waals surface area contributed by atoms with Gasteiger partial charge in [-0.1, -0.05) is 24.3 Å². The van der Waals surface area contributed by atoms with Crippen molar-refractivity contribution < 1.29 is 9.18 Å². The lowest BCUT2D eigenvalue weighted by Crippen LogP contribution is -2.13. The molecule has 0 saturated carbocycles. The third-order valence-electron chi connectivity index (χ3n) is 6.21. The third-order valence-corrected chi connectivity index (χ3v) is 6.21. The van der Waals surface area contributed by atoms with E-state index in [0.29, 0.717) is 34.1 Å². The van der Waals surface area contributed by atoms with Gasteiger partial charge in [0.25, 0.3) is 0 Å². The van der Waals surface area contributed by atoms with Gasteiger partial charge in [0, 0.05) is 47.1 Å². The Hall–Kier alpha value is -3.91. The summed E-state index contributed by atoms with van der Waals surface area (Å²) in [4.78, 5) is 26.8. The average molecular weight is 471 g/mol. The number of aromatic nitrogens is 5. The summed E-state index contributed by atoms with van der Waals surface area (Å²) in [5.41, 5.74) is 4.78. The van der Waals surface area contributed by atoms with Gasteiger partial charge in [0.2, 0.25) is 0 Å². The van der Waals surface area contributed by atoms with Crippen molar-refractivity contribution in [2.45, 2.75) is 19.3 Å². The van der Waals surface area contributed by atoms with Crippen molar-refractivity contribution in [1.82, 2.24) is 29.6 Å². The smallest absolute Gasteiger partial charge is 0.162 e. The summed E-state index contributed by atoms with van der Waals surface area (Å²) in [5, 5.41) is 5.74. The van der Waals surface area contributed by atoms with Crippen LogP contribution in [-0.2, 0) is 7.05 Å². The van der Waals surface area contributed by atoms with Crippen molar-refractivity contribution in [3.05, 3.63) is 66.5 Å². The summed E-state index contributed by atoms with van der Waals surface area (Å²) in [7, 11) is 5.91. The zero-order valence-electron chi connectivity index (χ0n) is 20.0. The van der Waals surface area contributed by atoms with Crippen LogP contribution in [0.1, 0.15) is 29.6 Å². The largest absolute Gasteiger partial charge is 0.338 e. The first kappa shape index (κ1) is 22.9. The van der Waals surface area contributed by atoms with Crippen molar-refractivity contribution >= 4 is 27.7 Å². The van der Waals surface area contributed by atoms with Crippen LogP contribution in [0.3, 0.4) is 0 Å². The second kappa shape index (κ2) is 9.38. The van der Waals surface area contributed by atoms with Crippen molar-refractivity contribution in [3.8, 4) is 22.4 Å². The Morgan fingerprint density at radius 3 is 2.57 bits per heavy atom. The van der Waals surface area contributed by atoms with Gasteiger partial charge >= 0.3 is 0 Å². The molecule has 7 nitrogen and oxygen atoms in total. The molecule has 0 bridgehead atoms. The van der Waals surface area contributed by atoms with Crippen LogP contribution in [0.2, 0.25) is 0 Å². The molecular formula is C27H27FN6O. The van der Waals surface area contributed by atoms with E-state index in [9.17, 15) is 4.79 Å². The van der Waals surface area contributed by atoms with Gasteiger partial charge in [0.1, 0.15) is 11.5 Å². The molecule has 4 aromatic heterocycles.